The van der Waals surface area contributed by atoms with E-state index >= 15 is 0 Å². The van der Waals surface area contributed by atoms with Crippen LogP contribution in [0.5, 0.6) is 0 Å². The first-order chi connectivity index (χ1) is 10.0. The second-order valence-corrected chi connectivity index (χ2v) is 6.91. The van der Waals surface area contributed by atoms with Crippen molar-refractivity contribution in [2.24, 2.45) is 0 Å². The maximum atomic E-state index is 13.5. The van der Waals surface area contributed by atoms with Crippen LogP contribution in [0.2, 0.25) is 0 Å². The van der Waals surface area contributed by atoms with Gasteiger partial charge in [-0.3, -0.25) is 0 Å². The maximum absolute atomic E-state index is 13.5. The lowest BCUT2D eigenvalue weighted by atomic mass is 10.3. The maximum Gasteiger partial charge on any atom is 0.246 e. The average molecular weight is 318 g/mol. The number of unbranched alkanes of at least 4 members (excludes halogenated alkanes) is 1. The standard InChI is InChI=1S/C14H20F2N2O2S/c15-12-6-5-7-13(16)14(12)21(19,20)17-8-1-2-9-18-10-3-4-11-18/h5-7,17H,1-4,8-11H2. The number of sulfonamides is 1. The summed E-state index contributed by atoms with van der Waals surface area (Å²) in [4.78, 5) is 1.44. The van der Waals surface area contributed by atoms with Crippen molar-refractivity contribution in [3.63, 3.8) is 0 Å². The summed E-state index contributed by atoms with van der Waals surface area (Å²) in [6.07, 6.45) is 3.95. The zero-order valence-electron chi connectivity index (χ0n) is 11.8. The monoisotopic (exact) mass is 318 g/mol. The van der Waals surface area contributed by atoms with E-state index < -0.39 is 26.6 Å². The van der Waals surface area contributed by atoms with Gasteiger partial charge in [0.05, 0.1) is 0 Å². The quantitative estimate of drug-likeness (QED) is 0.784. The molecule has 0 bridgehead atoms. The number of hydrogen-bond acceptors (Lipinski definition) is 3. The fourth-order valence-corrected chi connectivity index (χ4v) is 3.69. The second-order valence-electron chi connectivity index (χ2n) is 5.20. The first-order valence-corrected chi connectivity index (χ1v) is 8.65. The Hall–Kier alpha value is -1.05. The summed E-state index contributed by atoms with van der Waals surface area (Å²) >= 11 is 0. The topological polar surface area (TPSA) is 49.4 Å². The Morgan fingerprint density at radius 1 is 1.10 bits per heavy atom. The molecule has 7 heteroatoms. The highest BCUT2D eigenvalue weighted by Gasteiger charge is 2.23. The lowest BCUT2D eigenvalue weighted by Crippen LogP contribution is -2.27. The van der Waals surface area contributed by atoms with Crippen LogP contribution in [0.25, 0.3) is 0 Å². The number of likely N-dealkylation sites (tertiary alicyclic amines) is 1. The summed E-state index contributed by atoms with van der Waals surface area (Å²) in [5.41, 5.74) is 0. The van der Waals surface area contributed by atoms with Crippen molar-refractivity contribution in [2.75, 3.05) is 26.2 Å². The van der Waals surface area contributed by atoms with Gasteiger partial charge in [0.25, 0.3) is 0 Å². The number of nitrogens with one attached hydrogen (secondary N) is 1. The molecule has 0 aromatic heterocycles. The molecule has 2 rings (SSSR count). The molecule has 118 valence electrons. The summed E-state index contributed by atoms with van der Waals surface area (Å²) in [5.74, 6) is -2.14. The van der Waals surface area contributed by atoms with Gasteiger partial charge < -0.3 is 4.90 Å². The molecule has 1 heterocycles. The van der Waals surface area contributed by atoms with E-state index in [4.69, 9.17) is 0 Å². The average Bonchev–Trinajstić information content (AvgIpc) is 2.91. The summed E-state index contributed by atoms with van der Waals surface area (Å²) in [6, 6.07) is 3.01. The molecule has 4 nitrogen and oxygen atoms in total. The van der Waals surface area contributed by atoms with Crippen molar-refractivity contribution in [1.29, 1.82) is 0 Å². The minimum absolute atomic E-state index is 0.184. The highest BCUT2D eigenvalue weighted by atomic mass is 32.2. The molecule has 1 aromatic carbocycles. The summed E-state index contributed by atoms with van der Waals surface area (Å²) in [7, 11) is -4.13. The third kappa shape index (κ3) is 4.46. The molecule has 0 atom stereocenters. The van der Waals surface area contributed by atoms with E-state index in [-0.39, 0.29) is 6.54 Å². The second kappa shape index (κ2) is 7.29. The molecule has 0 aliphatic carbocycles. The molecule has 21 heavy (non-hydrogen) atoms. The third-order valence-corrected chi connectivity index (χ3v) is 5.09. The fourth-order valence-electron chi connectivity index (χ4n) is 2.48. The van der Waals surface area contributed by atoms with Crippen LogP contribution < -0.4 is 4.72 Å². The molecule has 0 radical (unpaired) electrons. The van der Waals surface area contributed by atoms with Crippen molar-refractivity contribution in [2.45, 2.75) is 30.6 Å². The van der Waals surface area contributed by atoms with Gasteiger partial charge >= 0.3 is 0 Å². The highest BCUT2D eigenvalue weighted by Crippen LogP contribution is 2.17. The summed E-state index contributed by atoms with van der Waals surface area (Å²) in [5, 5.41) is 0. The van der Waals surface area contributed by atoms with Crippen LogP contribution in [-0.4, -0.2) is 39.5 Å². The van der Waals surface area contributed by atoms with Crippen LogP contribution in [0.1, 0.15) is 25.7 Å². The van der Waals surface area contributed by atoms with E-state index in [1.54, 1.807) is 0 Å². The largest absolute Gasteiger partial charge is 0.303 e. The van der Waals surface area contributed by atoms with Crippen molar-refractivity contribution in [1.82, 2.24) is 9.62 Å². The number of rotatable bonds is 7. The van der Waals surface area contributed by atoms with E-state index in [0.29, 0.717) is 6.42 Å². The van der Waals surface area contributed by atoms with Gasteiger partial charge in [-0.05, 0) is 57.5 Å². The number of hydrogen-bond donors (Lipinski definition) is 1. The van der Waals surface area contributed by atoms with Gasteiger partial charge in [-0.15, -0.1) is 0 Å². The van der Waals surface area contributed by atoms with Crippen molar-refractivity contribution < 1.29 is 17.2 Å². The van der Waals surface area contributed by atoms with Gasteiger partial charge in [0.1, 0.15) is 11.6 Å². The Morgan fingerprint density at radius 2 is 1.71 bits per heavy atom. The van der Waals surface area contributed by atoms with Crippen LogP contribution in [0, 0.1) is 11.6 Å². The molecule has 0 amide bonds. The molecule has 1 aliphatic heterocycles. The van der Waals surface area contributed by atoms with Crippen LogP contribution >= 0.6 is 0 Å². The Morgan fingerprint density at radius 3 is 2.33 bits per heavy atom. The smallest absolute Gasteiger partial charge is 0.246 e. The Kier molecular flexibility index (Phi) is 5.66. The van der Waals surface area contributed by atoms with E-state index in [1.807, 2.05) is 0 Å². The Labute approximate surface area is 124 Å². The summed E-state index contributed by atoms with van der Waals surface area (Å²) in [6.45, 7) is 3.33. The van der Waals surface area contributed by atoms with Gasteiger partial charge in [0.15, 0.2) is 4.90 Å². The van der Waals surface area contributed by atoms with E-state index in [0.717, 1.165) is 44.3 Å². The molecular weight excluding hydrogens is 298 g/mol. The first kappa shape index (κ1) is 16.3. The fraction of sp³-hybridized carbons (Fsp3) is 0.571. The van der Waals surface area contributed by atoms with Crippen LogP contribution in [0.15, 0.2) is 23.1 Å². The first-order valence-electron chi connectivity index (χ1n) is 7.17. The molecule has 0 spiro atoms. The zero-order valence-corrected chi connectivity index (χ0v) is 12.6. The van der Waals surface area contributed by atoms with Crippen molar-refractivity contribution in [3.8, 4) is 0 Å². The number of benzene rings is 1. The highest BCUT2D eigenvalue weighted by molar-refractivity contribution is 7.89. The predicted molar refractivity (Wildman–Crippen MR) is 76.5 cm³/mol. The normalized spacial score (nSPS) is 16.5. The zero-order chi connectivity index (χ0) is 15.3. The Bertz CT molecular complexity index is 552. The van der Waals surface area contributed by atoms with Gasteiger partial charge in [-0.2, -0.15) is 0 Å². The summed E-state index contributed by atoms with van der Waals surface area (Å²) < 4.78 is 53.0. The van der Waals surface area contributed by atoms with Crippen LogP contribution in [0.3, 0.4) is 0 Å². The molecule has 1 aliphatic rings. The van der Waals surface area contributed by atoms with Crippen molar-refractivity contribution in [3.05, 3.63) is 29.8 Å². The molecule has 0 saturated carbocycles. The van der Waals surface area contributed by atoms with E-state index in [9.17, 15) is 17.2 Å². The van der Waals surface area contributed by atoms with E-state index in [1.165, 1.54) is 12.8 Å². The minimum Gasteiger partial charge on any atom is -0.303 e. The SMILES string of the molecule is O=S(=O)(NCCCCN1CCCC1)c1c(F)cccc1F. The predicted octanol–water partition coefficient (Wildman–Crippen LogP) is 2.12. The molecule has 0 unspecified atom stereocenters. The lowest BCUT2D eigenvalue weighted by molar-refractivity contribution is 0.330. The van der Waals surface area contributed by atoms with E-state index in [2.05, 4.69) is 9.62 Å². The Balaban J connectivity index is 1.81. The minimum atomic E-state index is -4.13. The van der Waals surface area contributed by atoms with Gasteiger partial charge in [-0.25, -0.2) is 21.9 Å². The third-order valence-electron chi connectivity index (χ3n) is 3.58. The number of halogens is 2. The molecule has 1 saturated heterocycles. The molecule has 1 aromatic rings. The molecule has 1 fully saturated rings. The molecule has 1 N–H and O–H groups in total. The van der Waals surface area contributed by atoms with Crippen LogP contribution in [-0.2, 0) is 10.0 Å². The lowest BCUT2D eigenvalue weighted by Gasteiger charge is -2.14. The van der Waals surface area contributed by atoms with Gasteiger partial charge in [-0.1, -0.05) is 6.07 Å². The number of nitrogens with zero attached hydrogens (tertiary/aromatic N) is 1. The van der Waals surface area contributed by atoms with Crippen molar-refractivity contribution >= 4 is 10.0 Å². The van der Waals surface area contributed by atoms with Gasteiger partial charge in [0, 0.05) is 6.54 Å². The molecular formula is C14H20F2N2O2S. The van der Waals surface area contributed by atoms with Gasteiger partial charge in [0.2, 0.25) is 10.0 Å². The van der Waals surface area contributed by atoms with Crippen LogP contribution in [0.4, 0.5) is 8.78 Å².